The lowest BCUT2D eigenvalue weighted by Crippen LogP contribution is -2.63. The van der Waals surface area contributed by atoms with Crippen molar-refractivity contribution in [2.45, 2.75) is 31.9 Å². The monoisotopic (exact) mass is 393 g/mol. The third-order valence-corrected chi connectivity index (χ3v) is 5.78. The molecule has 0 aromatic heterocycles. The Hall–Kier alpha value is -2.05. The quantitative estimate of drug-likeness (QED) is 0.735. The summed E-state index contributed by atoms with van der Waals surface area (Å²) in [6, 6.07) is 7.16. The van der Waals surface area contributed by atoms with Gasteiger partial charge < -0.3 is 19.1 Å². The van der Waals surface area contributed by atoms with Crippen LogP contribution in [-0.2, 0) is 23.8 Å². The standard InChI is InChI=1S/C20H24ClNO5/c1-12-15(18(23)25-3)16(13-7-5-8-14(21)11-13)17(19(24)26-4)20(2)22(12)9-6-10-27-20/h5,7-8,11,16-17H,6,9-10H2,1-4H3/t16-,17-,20+/m1/s1. The van der Waals surface area contributed by atoms with Gasteiger partial charge in [-0.15, -0.1) is 0 Å². The number of allylic oxidation sites excluding steroid dienone is 1. The summed E-state index contributed by atoms with van der Waals surface area (Å²) < 4.78 is 16.3. The van der Waals surface area contributed by atoms with Crippen molar-refractivity contribution in [2.75, 3.05) is 27.4 Å². The molecule has 0 unspecified atom stereocenters. The van der Waals surface area contributed by atoms with Crippen molar-refractivity contribution < 1.29 is 23.8 Å². The fraction of sp³-hybridized carbons (Fsp3) is 0.500. The van der Waals surface area contributed by atoms with Crippen LogP contribution in [0.2, 0.25) is 5.02 Å². The molecule has 3 atom stereocenters. The predicted molar refractivity (Wildman–Crippen MR) is 100 cm³/mol. The molecule has 2 aliphatic heterocycles. The summed E-state index contributed by atoms with van der Waals surface area (Å²) in [5.74, 6) is -2.26. The molecule has 3 rings (SSSR count). The van der Waals surface area contributed by atoms with Gasteiger partial charge in [0, 0.05) is 23.2 Å². The molecule has 0 aliphatic carbocycles. The number of ether oxygens (including phenoxy) is 3. The van der Waals surface area contributed by atoms with Crippen molar-refractivity contribution in [3.05, 3.63) is 46.1 Å². The molecule has 6 nitrogen and oxygen atoms in total. The van der Waals surface area contributed by atoms with E-state index in [4.69, 9.17) is 25.8 Å². The Morgan fingerprint density at radius 2 is 2.04 bits per heavy atom. The minimum atomic E-state index is -0.931. The zero-order chi connectivity index (χ0) is 19.8. The smallest absolute Gasteiger partial charge is 0.336 e. The lowest BCUT2D eigenvalue weighted by molar-refractivity contribution is -0.213. The number of carbonyl (C=O) groups is 2. The van der Waals surface area contributed by atoms with Crippen LogP contribution in [0.4, 0.5) is 0 Å². The van der Waals surface area contributed by atoms with Gasteiger partial charge in [-0.25, -0.2) is 4.79 Å². The maximum absolute atomic E-state index is 12.9. The van der Waals surface area contributed by atoms with Crippen molar-refractivity contribution >= 4 is 23.5 Å². The van der Waals surface area contributed by atoms with Gasteiger partial charge in [-0.1, -0.05) is 23.7 Å². The van der Waals surface area contributed by atoms with Crippen LogP contribution in [0.15, 0.2) is 35.5 Å². The van der Waals surface area contributed by atoms with Gasteiger partial charge in [0.15, 0.2) is 5.72 Å². The van der Waals surface area contributed by atoms with Crippen molar-refractivity contribution in [1.29, 1.82) is 0 Å². The maximum atomic E-state index is 12.9. The van der Waals surface area contributed by atoms with E-state index >= 15 is 0 Å². The van der Waals surface area contributed by atoms with Gasteiger partial charge in [0.25, 0.3) is 0 Å². The van der Waals surface area contributed by atoms with Crippen LogP contribution in [0.5, 0.6) is 0 Å². The highest BCUT2D eigenvalue weighted by Gasteiger charge is 2.57. The second kappa shape index (κ2) is 7.52. The number of halogens is 1. The third-order valence-electron chi connectivity index (χ3n) is 5.54. The number of methoxy groups -OCH3 is 2. The predicted octanol–water partition coefficient (Wildman–Crippen LogP) is 3.11. The Morgan fingerprint density at radius 1 is 1.30 bits per heavy atom. The summed E-state index contributed by atoms with van der Waals surface area (Å²) in [6.45, 7) is 4.95. The SMILES string of the molecule is COC(=O)C1=C(C)N2CCCO[C@@]2(C)[C@@H](C(=O)OC)[C@@H]1c1cccc(Cl)c1. The number of fused-ring (bicyclic) bond motifs is 1. The van der Waals surface area contributed by atoms with Crippen molar-refractivity contribution in [2.24, 2.45) is 5.92 Å². The minimum absolute atomic E-state index is 0.429. The first-order valence-corrected chi connectivity index (χ1v) is 9.27. The van der Waals surface area contributed by atoms with E-state index in [1.165, 1.54) is 14.2 Å². The maximum Gasteiger partial charge on any atom is 0.336 e. The Kier molecular flexibility index (Phi) is 5.49. The second-order valence-corrected chi connectivity index (χ2v) is 7.37. The number of nitrogens with zero attached hydrogens (tertiary/aromatic N) is 1. The fourth-order valence-electron chi connectivity index (χ4n) is 4.33. The van der Waals surface area contributed by atoms with Gasteiger partial charge in [-0.2, -0.15) is 0 Å². The van der Waals surface area contributed by atoms with Gasteiger partial charge in [-0.3, -0.25) is 4.79 Å². The van der Waals surface area contributed by atoms with Gasteiger partial charge in [0.05, 0.1) is 26.4 Å². The lowest BCUT2D eigenvalue weighted by Gasteiger charge is -2.55. The van der Waals surface area contributed by atoms with E-state index in [-0.39, 0.29) is 0 Å². The molecular formula is C20H24ClNO5. The summed E-state index contributed by atoms with van der Waals surface area (Å²) in [7, 11) is 2.68. The third kappa shape index (κ3) is 3.21. The molecule has 27 heavy (non-hydrogen) atoms. The first kappa shape index (κ1) is 19.7. The Labute approximate surface area is 164 Å². The molecule has 1 saturated heterocycles. The first-order valence-electron chi connectivity index (χ1n) is 8.89. The summed E-state index contributed by atoms with van der Waals surface area (Å²) in [5.41, 5.74) is 0.986. The van der Waals surface area contributed by atoms with E-state index < -0.39 is 29.5 Å². The van der Waals surface area contributed by atoms with E-state index in [1.54, 1.807) is 18.2 Å². The average molecular weight is 394 g/mol. The molecule has 0 amide bonds. The van der Waals surface area contributed by atoms with Crippen LogP contribution >= 0.6 is 11.6 Å². The Balaban J connectivity index is 2.29. The van der Waals surface area contributed by atoms with Crippen LogP contribution in [0, 0.1) is 5.92 Å². The lowest BCUT2D eigenvalue weighted by atomic mass is 9.70. The molecule has 0 saturated carbocycles. The Bertz CT molecular complexity index is 792. The first-order chi connectivity index (χ1) is 12.8. The van der Waals surface area contributed by atoms with E-state index in [0.717, 1.165) is 17.7 Å². The number of hydrogen-bond acceptors (Lipinski definition) is 6. The number of rotatable bonds is 3. The van der Waals surface area contributed by atoms with Crippen molar-refractivity contribution in [1.82, 2.24) is 4.90 Å². The van der Waals surface area contributed by atoms with E-state index in [2.05, 4.69) is 0 Å². The summed E-state index contributed by atoms with van der Waals surface area (Å²) in [6.07, 6.45) is 0.803. The van der Waals surface area contributed by atoms with Gasteiger partial charge in [0.2, 0.25) is 0 Å². The highest BCUT2D eigenvalue weighted by atomic mass is 35.5. The van der Waals surface area contributed by atoms with Crippen molar-refractivity contribution in [3.63, 3.8) is 0 Å². The van der Waals surface area contributed by atoms with Crippen LogP contribution in [0.1, 0.15) is 31.7 Å². The molecule has 2 aliphatic rings. The molecule has 146 valence electrons. The zero-order valence-electron chi connectivity index (χ0n) is 16.0. The highest BCUT2D eigenvalue weighted by Crippen LogP contribution is 2.50. The van der Waals surface area contributed by atoms with Gasteiger partial charge in [-0.05, 0) is 38.0 Å². The molecule has 0 spiro atoms. The van der Waals surface area contributed by atoms with Gasteiger partial charge in [0.1, 0.15) is 5.92 Å². The molecule has 1 aromatic carbocycles. The molecule has 7 heteroatoms. The zero-order valence-corrected chi connectivity index (χ0v) is 16.7. The van der Waals surface area contributed by atoms with E-state index in [9.17, 15) is 9.59 Å². The normalized spacial score (nSPS) is 27.8. The molecule has 0 radical (unpaired) electrons. The molecule has 1 fully saturated rings. The summed E-state index contributed by atoms with van der Waals surface area (Å²) >= 11 is 6.20. The molecule has 2 heterocycles. The second-order valence-electron chi connectivity index (χ2n) is 6.93. The largest absolute Gasteiger partial charge is 0.469 e. The molecule has 0 bridgehead atoms. The molecular weight excluding hydrogens is 370 g/mol. The fourth-order valence-corrected chi connectivity index (χ4v) is 4.53. The number of benzene rings is 1. The number of esters is 2. The molecule has 0 N–H and O–H groups in total. The van der Waals surface area contributed by atoms with E-state index in [1.807, 2.05) is 24.8 Å². The number of hydrogen-bond donors (Lipinski definition) is 0. The minimum Gasteiger partial charge on any atom is -0.469 e. The van der Waals surface area contributed by atoms with E-state index in [0.29, 0.717) is 23.7 Å². The van der Waals surface area contributed by atoms with Crippen LogP contribution in [0.3, 0.4) is 0 Å². The summed E-state index contributed by atoms with van der Waals surface area (Å²) in [5, 5.41) is 0.523. The van der Waals surface area contributed by atoms with Crippen LogP contribution in [-0.4, -0.2) is 49.9 Å². The summed E-state index contributed by atoms with van der Waals surface area (Å²) in [4.78, 5) is 27.6. The highest BCUT2D eigenvalue weighted by molar-refractivity contribution is 6.30. The van der Waals surface area contributed by atoms with Crippen LogP contribution in [0.25, 0.3) is 0 Å². The Morgan fingerprint density at radius 3 is 2.67 bits per heavy atom. The van der Waals surface area contributed by atoms with Crippen molar-refractivity contribution in [3.8, 4) is 0 Å². The average Bonchev–Trinajstić information content (AvgIpc) is 2.66. The van der Waals surface area contributed by atoms with Gasteiger partial charge >= 0.3 is 11.9 Å². The molecule has 1 aromatic rings. The number of carbonyl (C=O) groups excluding carboxylic acids is 2. The van der Waals surface area contributed by atoms with Crippen LogP contribution < -0.4 is 0 Å². The topological polar surface area (TPSA) is 65.1 Å².